The second kappa shape index (κ2) is 7.40. The van der Waals surface area contributed by atoms with Crippen molar-refractivity contribution in [3.05, 3.63) is 56.9 Å². The third-order valence-corrected chi connectivity index (χ3v) is 5.74. The molecule has 3 heterocycles. The molecule has 0 bridgehead atoms. The van der Waals surface area contributed by atoms with Gasteiger partial charge in [-0.3, -0.25) is 14.4 Å². The zero-order valence-electron chi connectivity index (χ0n) is 14.6. The lowest BCUT2D eigenvalue weighted by molar-refractivity contribution is -0.131. The molecule has 1 aromatic carbocycles. The molecular weight excluding hydrogens is 364 g/mol. The van der Waals surface area contributed by atoms with Crippen LogP contribution in [0.3, 0.4) is 0 Å². The number of fused-ring (bicyclic) bond motifs is 1. The lowest BCUT2D eigenvalue weighted by Crippen LogP contribution is -2.41. The van der Waals surface area contributed by atoms with Crippen LogP contribution in [-0.2, 0) is 11.2 Å². The quantitative estimate of drug-likeness (QED) is 0.697. The molecule has 27 heavy (non-hydrogen) atoms. The maximum atomic E-state index is 12.7. The number of piperidine rings is 1. The van der Waals surface area contributed by atoms with Crippen molar-refractivity contribution in [1.82, 2.24) is 20.1 Å². The summed E-state index contributed by atoms with van der Waals surface area (Å²) in [5.41, 5.74) is 0.305. The third-order valence-electron chi connectivity index (χ3n) is 4.96. The summed E-state index contributed by atoms with van der Waals surface area (Å²) in [5, 5.41) is 10.1. The first kappa shape index (κ1) is 17.5. The molecule has 7 nitrogen and oxygen atoms in total. The van der Waals surface area contributed by atoms with E-state index in [-0.39, 0.29) is 29.6 Å². The molecule has 0 spiro atoms. The average Bonchev–Trinajstić information content (AvgIpc) is 3.25. The van der Waals surface area contributed by atoms with Crippen LogP contribution in [0.1, 0.15) is 28.3 Å². The van der Waals surface area contributed by atoms with Crippen molar-refractivity contribution in [3.63, 3.8) is 0 Å². The minimum absolute atomic E-state index is 0.0418. The Hall–Kier alpha value is -2.87. The van der Waals surface area contributed by atoms with Crippen molar-refractivity contribution in [2.45, 2.75) is 19.3 Å². The van der Waals surface area contributed by atoms with Gasteiger partial charge in [0.25, 0.3) is 5.56 Å². The highest BCUT2D eigenvalue weighted by Gasteiger charge is 2.29. The van der Waals surface area contributed by atoms with Crippen molar-refractivity contribution in [2.75, 3.05) is 13.1 Å². The topological polar surface area (TPSA) is 96.0 Å². The molecule has 0 aliphatic carbocycles. The van der Waals surface area contributed by atoms with Crippen molar-refractivity contribution in [2.24, 2.45) is 5.92 Å². The molecule has 4 rings (SSSR count). The molecule has 1 aliphatic rings. The fourth-order valence-electron chi connectivity index (χ4n) is 3.47. The summed E-state index contributed by atoms with van der Waals surface area (Å²) in [4.78, 5) is 42.8. The first-order valence-electron chi connectivity index (χ1n) is 8.81. The molecule has 1 fully saturated rings. The molecule has 1 N–H and O–H groups in total. The zero-order chi connectivity index (χ0) is 18.8. The highest BCUT2D eigenvalue weighted by Crippen LogP contribution is 2.23. The van der Waals surface area contributed by atoms with Gasteiger partial charge >= 0.3 is 0 Å². The lowest BCUT2D eigenvalue weighted by atomic mass is 9.92. The number of nitrogens with zero attached hydrogens (tertiary/aromatic N) is 3. The van der Waals surface area contributed by atoms with Gasteiger partial charge in [0.15, 0.2) is 10.8 Å². The second-order valence-electron chi connectivity index (χ2n) is 6.58. The summed E-state index contributed by atoms with van der Waals surface area (Å²) in [6.07, 6.45) is 3.05. The second-order valence-corrected chi connectivity index (χ2v) is 7.47. The number of Topliss-reactive ketones (excluding diaryl/α,β-unsaturated/α-hetero) is 1. The Bertz CT molecular complexity index is 1040. The van der Waals surface area contributed by atoms with Gasteiger partial charge < -0.3 is 4.90 Å². The van der Waals surface area contributed by atoms with Crippen LogP contribution in [-0.4, -0.2) is 44.9 Å². The Kier molecular flexibility index (Phi) is 4.81. The monoisotopic (exact) mass is 382 g/mol. The van der Waals surface area contributed by atoms with Gasteiger partial charge in [0.05, 0.1) is 17.5 Å². The van der Waals surface area contributed by atoms with Crippen molar-refractivity contribution in [1.29, 1.82) is 0 Å². The Labute approximate surface area is 159 Å². The number of aromatic nitrogens is 3. The number of H-pyrrole nitrogens is 1. The Balaban J connectivity index is 1.43. The standard InChI is InChI=1S/C19H18N4O3S/c24-16(11-15-13-3-1-2-4-14(13)18(26)22-21-15)23-8-5-12(6-9-23)17(25)19-20-7-10-27-19/h1-4,7,10,12H,5-6,8-9,11H2,(H,22,26). The number of carbonyl (C=O) groups is 2. The Morgan fingerprint density at radius 3 is 2.63 bits per heavy atom. The molecule has 1 aliphatic heterocycles. The smallest absolute Gasteiger partial charge is 0.272 e. The fraction of sp³-hybridized carbons (Fsp3) is 0.316. The van der Waals surface area contributed by atoms with E-state index < -0.39 is 0 Å². The summed E-state index contributed by atoms with van der Waals surface area (Å²) < 4.78 is 0. The third kappa shape index (κ3) is 3.52. The van der Waals surface area contributed by atoms with E-state index in [1.165, 1.54) is 11.3 Å². The van der Waals surface area contributed by atoms with Crippen molar-refractivity contribution >= 4 is 33.8 Å². The van der Waals surface area contributed by atoms with Crippen LogP contribution in [0, 0.1) is 5.92 Å². The van der Waals surface area contributed by atoms with E-state index in [0.717, 1.165) is 0 Å². The van der Waals surface area contributed by atoms with E-state index in [1.807, 2.05) is 6.07 Å². The van der Waals surface area contributed by atoms with E-state index in [0.29, 0.717) is 47.4 Å². The number of ketones is 1. The minimum atomic E-state index is -0.261. The molecule has 1 amide bonds. The molecule has 1 saturated heterocycles. The molecule has 0 radical (unpaired) electrons. The van der Waals surface area contributed by atoms with E-state index in [1.54, 1.807) is 34.7 Å². The van der Waals surface area contributed by atoms with Crippen LogP contribution in [0.5, 0.6) is 0 Å². The highest BCUT2D eigenvalue weighted by atomic mass is 32.1. The summed E-state index contributed by atoms with van der Waals surface area (Å²) >= 11 is 1.36. The normalized spacial score (nSPS) is 15.2. The summed E-state index contributed by atoms with van der Waals surface area (Å²) in [6.45, 7) is 1.09. The molecule has 0 atom stereocenters. The fourth-order valence-corrected chi connectivity index (χ4v) is 4.13. The SMILES string of the molecule is O=C(c1nccs1)C1CCN(C(=O)Cc2n[nH]c(=O)c3ccccc23)CC1. The van der Waals surface area contributed by atoms with Gasteiger partial charge in [-0.15, -0.1) is 11.3 Å². The molecule has 0 saturated carbocycles. The number of likely N-dealkylation sites (tertiary alicyclic amines) is 1. The van der Waals surface area contributed by atoms with Crippen molar-refractivity contribution < 1.29 is 9.59 Å². The minimum Gasteiger partial charge on any atom is -0.342 e. The van der Waals surface area contributed by atoms with Gasteiger partial charge in [-0.05, 0) is 18.9 Å². The number of aromatic amines is 1. The van der Waals surface area contributed by atoms with E-state index >= 15 is 0 Å². The maximum absolute atomic E-state index is 12.7. The number of amides is 1. The van der Waals surface area contributed by atoms with Gasteiger partial charge in [0.2, 0.25) is 5.91 Å². The van der Waals surface area contributed by atoms with Crippen LogP contribution in [0.25, 0.3) is 10.8 Å². The zero-order valence-corrected chi connectivity index (χ0v) is 15.4. The average molecular weight is 382 g/mol. The number of nitrogens with one attached hydrogen (secondary N) is 1. The number of rotatable bonds is 4. The van der Waals surface area contributed by atoms with Gasteiger partial charge in [0.1, 0.15) is 0 Å². The highest BCUT2D eigenvalue weighted by molar-refractivity contribution is 7.11. The first-order chi connectivity index (χ1) is 13.1. The largest absolute Gasteiger partial charge is 0.342 e. The van der Waals surface area contributed by atoms with Crippen LogP contribution in [0.15, 0.2) is 40.6 Å². The summed E-state index contributed by atoms with van der Waals surface area (Å²) in [5.74, 6) is -0.0440. The predicted molar refractivity (Wildman–Crippen MR) is 102 cm³/mol. The Morgan fingerprint density at radius 2 is 1.93 bits per heavy atom. The summed E-state index contributed by atoms with van der Waals surface area (Å²) in [7, 11) is 0. The van der Waals surface area contributed by atoms with Crippen LogP contribution < -0.4 is 5.56 Å². The van der Waals surface area contributed by atoms with Crippen LogP contribution in [0.2, 0.25) is 0 Å². The van der Waals surface area contributed by atoms with Gasteiger partial charge in [-0.2, -0.15) is 5.10 Å². The first-order valence-corrected chi connectivity index (χ1v) is 9.69. The molecule has 138 valence electrons. The van der Waals surface area contributed by atoms with Gasteiger partial charge in [0, 0.05) is 36.0 Å². The molecule has 3 aromatic rings. The Morgan fingerprint density at radius 1 is 1.19 bits per heavy atom. The number of hydrogen-bond donors (Lipinski definition) is 1. The number of carbonyl (C=O) groups excluding carboxylic acids is 2. The van der Waals surface area contributed by atoms with Crippen LogP contribution >= 0.6 is 11.3 Å². The van der Waals surface area contributed by atoms with Gasteiger partial charge in [-0.1, -0.05) is 18.2 Å². The van der Waals surface area contributed by atoms with E-state index in [2.05, 4.69) is 15.2 Å². The predicted octanol–water partition coefficient (Wildman–Crippen LogP) is 2.04. The number of thiazole rings is 1. The molecule has 8 heteroatoms. The van der Waals surface area contributed by atoms with Crippen molar-refractivity contribution in [3.8, 4) is 0 Å². The van der Waals surface area contributed by atoms with Gasteiger partial charge in [-0.25, -0.2) is 10.1 Å². The van der Waals surface area contributed by atoms with E-state index in [4.69, 9.17) is 0 Å². The maximum Gasteiger partial charge on any atom is 0.272 e. The summed E-state index contributed by atoms with van der Waals surface area (Å²) in [6, 6.07) is 7.14. The number of hydrogen-bond acceptors (Lipinski definition) is 6. The molecule has 2 aromatic heterocycles. The molecular formula is C19H18N4O3S. The number of benzene rings is 1. The van der Waals surface area contributed by atoms with Crippen LogP contribution in [0.4, 0.5) is 0 Å². The lowest BCUT2D eigenvalue weighted by Gasteiger charge is -2.31. The van der Waals surface area contributed by atoms with E-state index in [9.17, 15) is 14.4 Å². The molecule has 0 unspecified atom stereocenters.